The van der Waals surface area contributed by atoms with E-state index >= 15 is 0 Å². The van der Waals surface area contributed by atoms with E-state index in [4.69, 9.17) is 0 Å². The molecule has 6 nitrogen and oxygen atoms in total. The van der Waals surface area contributed by atoms with Gasteiger partial charge in [0, 0.05) is 18.9 Å². The van der Waals surface area contributed by atoms with Crippen LogP contribution in [0.4, 0.5) is 0 Å². The van der Waals surface area contributed by atoms with Gasteiger partial charge in [0.2, 0.25) is 0 Å². The van der Waals surface area contributed by atoms with Crippen molar-refractivity contribution in [2.24, 2.45) is 0 Å². The highest BCUT2D eigenvalue weighted by atomic mass is 32.2. The fraction of sp³-hybridized carbons (Fsp3) is 0.353. The van der Waals surface area contributed by atoms with Gasteiger partial charge >= 0.3 is 0 Å². The zero-order valence-electron chi connectivity index (χ0n) is 13.2. The largest absolute Gasteiger partial charge is 0.388 e. The van der Waals surface area contributed by atoms with E-state index in [1.807, 2.05) is 41.2 Å². The second-order valence-electron chi connectivity index (χ2n) is 6.17. The van der Waals surface area contributed by atoms with E-state index < -0.39 is 15.4 Å². The van der Waals surface area contributed by atoms with Crippen LogP contribution in [0.5, 0.6) is 0 Å². The normalized spacial score (nSPS) is 18.9. The summed E-state index contributed by atoms with van der Waals surface area (Å²) in [6, 6.07) is 11.0. The molecular formula is C17H20N2O4S. The van der Waals surface area contributed by atoms with Crippen molar-refractivity contribution in [2.75, 3.05) is 18.1 Å². The Labute approximate surface area is 141 Å². The molecule has 0 aliphatic carbocycles. The van der Waals surface area contributed by atoms with Crippen molar-refractivity contribution in [3.05, 3.63) is 54.4 Å². The molecule has 0 spiro atoms. The van der Waals surface area contributed by atoms with Gasteiger partial charge in [-0.15, -0.1) is 0 Å². The number of nitrogens with one attached hydrogen (secondary N) is 1. The maximum absolute atomic E-state index is 12.5. The molecule has 1 amide bonds. The van der Waals surface area contributed by atoms with Gasteiger partial charge in [-0.3, -0.25) is 4.79 Å². The molecule has 3 rings (SSSR count). The van der Waals surface area contributed by atoms with E-state index in [9.17, 15) is 18.3 Å². The van der Waals surface area contributed by atoms with Crippen molar-refractivity contribution in [3.8, 4) is 5.69 Å². The van der Waals surface area contributed by atoms with Crippen molar-refractivity contribution in [1.82, 2.24) is 9.88 Å². The summed E-state index contributed by atoms with van der Waals surface area (Å²) in [7, 11) is -3.06. The van der Waals surface area contributed by atoms with Crippen LogP contribution in [0.25, 0.3) is 5.69 Å². The third kappa shape index (κ3) is 3.68. The summed E-state index contributed by atoms with van der Waals surface area (Å²) in [6.45, 7) is 0.0430. The average Bonchev–Trinajstić information content (AvgIpc) is 3.10. The second kappa shape index (κ2) is 6.41. The summed E-state index contributed by atoms with van der Waals surface area (Å²) in [5.74, 6) is -0.375. The molecule has 0 bridgehead atoms. The highest BCUT2D eigenvalue weighted by Gasteiger charge is 2.35. The molecule has 0 atom stereocenters. The number of benzene rings is 1. The molecule has 24 heavy (non-hydrogen) atoms. The molecule has 0 saturated carbocycles. The first-order valence-electron chi connectivity index (χ1n) is 7.82. The zero-order valence-corrected chi connectivity index (χ0v) is 14.0. The van der Waals surface area contributed by atoms with Gasteiger partial charge in [-0.1, -0.05) is 12.1 Å². The Morgan fingerprint density at radius 2 is 1.75 bits per heavy atom. The minimum absolute atomic E-state index is 0.0423. The molecule has 1 aliphatic heterocycles. The summed E-state index contributed by atoms with van der Waals surface area (Å²) in [5.41, 5.74) is 0.0857. The molecule has 0 radical (unpaired) electrons. The summed E-state index contributed by atoms with van der Waals surface area (Å²) >= 11 is 0. The molecular weight excluding hydrogens is 328 g/mol. The maximum Gasteiger partial charge on any atom is 0.253 e. The fourth-order valence-electron chi connectivity index (χ4n) is 2.82. The van der Waals surface area contributed by atoms with E-state index in [0.29, 0.717) is 5.56 Å². The predicted octanol–water partition coefficient (Wildman–Crippen LogP) is 1.15. The highest BCUT2D eigenvalue weighted by molar-refractivity contribution is 7.91. The van der Waals surface area contributed by atoms with Crippen LogP contribution in [-0.2, 0) is 9.84 Å². The highest BCUT2D eigenvalue weighted by Crippen LogP contribution is 2.23. The van der Waals surface area contributed by atoms with Crippen molar-refractivity contribution in [2.45, 2.75) is 18.4 Å². The number of hydrogen-bond acceptors (Lipinski definition) is 4. The lowest BCUT2D eigenvalue weighted by atomic mass is 9.96. The lowest BCUT2D eigenvalue weighted by molar-refractivity contribution is 0.0296. The molecule has 2 N–H and O–H groups in total. The Bertz CT molecular complexity index is 814. The molecule has 128 valence electrons. The van der Waals surface area contributed by atoms with Crippen LogP contribution in [0.3, 0.4) is 0 Å². The number of carbonyl (C=O) groups excluding carboxylic acids is 1. The number of sulfone groups is 1. The van der Waals surface area contributed by atoms with Gasteiger partial charge in [-0.25, -0.2) is 8.42 Å². The van der Waals surface area contributed by atoms with E-state index in [1.54, 1.807) is 12.1 Å². The number of nitrogens with zero attached hydrogens (tertiary/aromatic N) is 1. The van der Waals surface area contributed by atoms with Crippen LogP contribution in [0, 0.1) is 0 Å². The quantitative estimate of drug-likeness (QED) is 0.867. The first kappa shape index (κ1) is 16.7. The molecule has 2 aromatic rings. The summed E-state index contributed by atoms with van der Waals surface area (Å²) in [4.78, 5) is 12.5. The van der Waals surface area contributed by atoms with Crippen LogP contribution in [-0.4, -0.2) is 47.7 Å². The standard InChI is InChI=1S/C17H20N2O4S/c20-16(18-13-17(21)7-11-24(22,23)12-8-17)14-5-1-2-6-15(14)19-9-3-4-10-19/h1-6,9-10,21H,7-8,11-13H2,(H,18,20). The molecule has 2 heterocycles. The van der Waals surface area contributed by atoms with E-state index in [2.05, 4.69) is 5.32 Å². The fourth-order valence-corrected chi connectivity index (χ4v) is 4.41. The number of aliphatic hydroxyl groups is 1. The van der Waals surface area contributed by atoms with Gasteiger partial charge in [0.25, 0.3) is 5.91 Å². The van der Waals surface area contributed by atoms with Crippen LogP contribution in [0.1, 0.15) is 23.2 Å². The first-order chi connectivity index (χ1) is 11.4. The van der Waals surface area contributed by atoms with Gasteiger partial charge in [0.05, 0.1) is 28.4 Å². The molecule has 1 aliphatic rings. The minimum atomic E-state index is -3.06. The predicted molar refractivity (Wildman–Crippen MR) is 90.9 cm³/mol. The van der Waals surface area contributed by atoms with E-state index in [0.717, 1.165) is 5.69 Å². The number of aromatic nitrogens is 1. The van der Waals surface area contributed by atoms with E-state index in [1.165, 1.54) is 0 Å². The molecule has 1 saturated heterocycles. The number of amides is 1. The molecule has 1 fully saturated rings. The van der Waals surface area contributed by atoms with Gasteiger partial charge in [-0.2, -0.15) is 0 Å². The van der Waals surface area contributed by atoms with Crippen LogP contribution in [0.15, 0.2) is 48.8 Å². The second-order valence-corrected chi connectivity index (χ2v) is 8.47. The Kier molecular flexibility index (Phi) is 4.47. The SMILES string of the molecule is O=C(NCC1(O)CCS(=O)(=O)CC1)c1ccccc1-n1cccc1. The van der Waals surface area contributed by atoms with Crippen molar-refractivity contribution >= 4 is 15.7 Å². The maximum atomic E-state index is 12.5. The van der Waals surface area contributed by atoms with Gasteiger partial charge in [0.1, 0.15) is 0 Å². The topological polar surface area (TPSA) is 88.4 Å². The average molecular weight is 348 g/mol. The zero-order chi connectivity index (χ0) is 17.2. The third-order valence-corrected chi connectivity index (χ3v) is 6.02. The Balaban J connectivity index is 1.70. The van der Waals surface area contributed by atoms with E-state index in [-0.39, 0.29) is 36.8 Å². The van der Waals surface area contributed by atoms with Gasteiger partial charge in [-0.05, 0) is 37.1 Å². The van der Waals surface area contributed by atoms with Crippen LogP contribution < -0.4 is 5.32 Å². The van der Waals surface area contributed by atoms with Crippen LogP contribution >= 0.6 is 0 Å². The van der Waals surface area contributed by atoms with Gasteiger partial charge < -0.3 is 15.0 Å². The molecule has 1 aromatic heterocycles. The number of para-hydroxylation sites is 1. The summed E-state index contributed by atoms with van der Waals surface area (Å²) in [5, 5.41) is 13.2. The lowest BCUT2D eigenvalue weighted by Gasteiger charge is -2.32. The molecule has 7 heteroatoms. The van der Waals surface area contributed by atoms with Crippen molar-refractivity contribution < 1.29 is 18.3 Å². The Morgan fingerprint density at radius 1 is 1.12 bits per heavy atom. The minimum Gasteiger partial charge on any atom is -0.388 e. The number of rotatable bonds is 4. The van der Waals surface area contributed by atoms with Crippen molar-refractivity contribution in [3.63, 3.8) is 0 Å². The summed E-state index contributed by atoms with van der Waals surface area (Å²) in [6.07, 6.45) is 4.00. The Hall–Kier alpha value is -2.12. The third-order valence-electron chi connectivity index (χ3n) is 4.37. The molecule has 1 aromatic carbocycles. The summed E-state index contributed by atoms with van der Waals surface area (Å²) < 4.78 is 24.8. The van der Waals surface area contributed by atoms with Gasteiger partial charge in [0.15, 0.2) is 9.84 Å². The van der Waals surface area contributed by atoms with Crippen LogP contribution in [0.2, 0.25) is 0 Å². The first-order valence-corrected chi connectivity index (χ1v) is 9.64. The Morgan fingerprint density at radius 3 is 2.42 bits per heavy atom. The lowest BCUT2D eigenvalue weighted by Crippen LogP contribution is -2.48. The number of hydrogen-bond donors (Lipinski definition) is 2. The van der Waals surface area contributed by atoms with Crippen molar-refractivity contribution in [1.29, 1.82) is 0 Å². The smallest absolute Gasteiger partial charge is 0.253 e. The molecule has 0 unspecified atom stereocenters. The number of carbonyl (C=O) groups is 1. The monoisotopic (exact) mass is 348 g/mol.